The molecule has 0 rings (SSSR count). The van der Waals surface area contributed by atoms with Crippen LogP contribution >= 0.6 is 0 Å². The molecule has 0 nitrogen and oxygen atoms in total. The second kappa shape index (κ2) is 2.62. The summed E-state index contributed by atoms with van der Waals surface area (Å²) >= 11 is 0. The Hall–Kier alpha value is 0.140. The molecule has 0 atom stereocenters. The molecule has 0 N–H and O–H groups in total. The zero-order valence-electron chi connectivity index (χ0n) is 4.75. The molecule has 0 bridgehead atoms. The number of hydrogen-bond acceptors (Lipinski definition) is 0. The molecular formula is C4H8F3S+. The summed E-state index contributed by atoms with van der Waals surface area (Å²) in [5.74, 6) is -0.646. The maximum absolute atomic E-state index is 11.3. The third-order valence-corrected chi connectivity index (χ3v) is 1.36. The molecule has 8 heavy (non-hydrogen) atoms. The van der Waals surface area contributed by atoms with Gasteiger partial charge in [-0.25, -0.2) is 0 Å². The molecule has 0 heterocycles. The average Bonchev–Trinajstić information content (AvgIpc) is 1.21. The Morgan fingerprint density at radius 3 is 1.62 bits per heavy atom. The van der Waals surface area contributed by atoms with E-state index in [2.05, 4.69) is 0 Å². The zero-order valence-corrected chi connectivity index (χ0v) is 5.57. The Morgan fingerprint density at radius 2 is 1.62 bits per heavy atom. The lowest BCUT2D eigenvalue weighted by Crippen LogP contribution is -2.20. The predicted molar refractivity (Wildman–Crippen MR) is 30.1 cm³/mol. The average molecular weight is 145 g/mol. The van der Waals surface area contributed by atoms with Gasteiger partial charge in [0.25, 0.3) is 0 Å². The Balaban J connectivity index is 3.39. The molecule has 0 aromatic carbocycles. The lowest BCUT2D eigenvalue weighted by molar-refractivity contribution is -0.105. The van der Waals surface area contributed by atoms with E-state index < -0.39 is 22.8 Å². The summed E-state index contributed by atoms with van der Waals surface area (Å²) in [6.07, 6.45) is -0.812. The number of halogens is 3. The Bertz CT molecular complexity index is 66.2. The first kappa shape index (κ1) is 8.14. The topological polar surface area (TPSA) is 0 Å². The highest BCUT2D eigenvalue weighted by Crippen LogP contribution is 2.16. The minimum absolute atomic E-state index is 0.510. The van der Waals surface area contributed by atoms with Crippen molar-refractivity contribution < 1.29 is 13.2 Å². The molecule has 0 radical (unpaired) electrons. The van der Waals surface area contributed by atoms with Crippen molar-refractivity contribution in [1.82, 2.24) is 0 Å². The van der Waals surface area contributed by atoms with Crippen molar-refractivity contribution >= 4 is 10.9 Å². The van der Waals surface area contributed by atoms with Crippen molar-refractivity contribution in [3.05, 3.63) is 0 Å². The van der Waals surface area contributed by atoms with E-state index in [0.717, 1.165) is 0 Å². The molecule has 0 aliphatic heterocycles. The van der Waals surface area contributed by atoms with Crippen LogP contribution in [0.1, 0.15) is 0 Å². The second-order valence-corrected chi connectivity index (χ2v) is 4.00. The largest absolute Gasteiger partial charge is 0.433 e. The maximum Gasteiger partial charge on any atom is 0.433 e. The van der Waals surface area contributed by atoms with Gasteiger partial charge in [0.2, 0.25) is 5.75 Å². The first-order chi connectivity index (χ1) is 3.42. The summed E-state index contributed by atoms with van der Waals surface area (Å²) < 4.78 is 33.9. The smallest absolute Gasteiger partial charge is 0.166 e. The number of alkyl halides is 3. The van der Waals surface area contributed by atoms with Crippen LogP contribution in [0.5, 0.6) is 0 Å². The van der Waals surface area contributed by atoms with Crippen LogP contribution < -0.4 is 0 Å². The summed E-state index contributed by atoms with van der Waals surface area (Å²) in [5.41, 5.74) is 0. The molecule has 0 spiro atoms. The van der Waals surface area contributed by atoms with Gasteiger partial charge in [0.1, 0.15) is 0 Å². The van der Waals surface area contributed by atoms with Crippen molar-refractivity contribution in [2.45, 2.75) is 6.18 Å². The van der Waals surface area contributed by atoms with E-state index in [1.165, 1.54) is 0 Å². The highest BCUT2D eigenvalue weighted by Gasteiger charge is 2.33. The second-order valence-electron chi connectivity index (χ2n) is 1.75. The van der Waals surface area contributed by atoms with Crippen LogP contribution in [-0.4, -0.2) is 24.4 Å². The Kier molecular flexibility index (Phi) is 2.66. The van der Waals surface area contributed by atoms with Gasteiger partial charge in [0.05, 0.1) is 12.5 Å². The van der Waals surface area contributed by atoms with E-state index >= 15 is 0 Å². The predicted octanol–water partition coefficient (Wildman–Crippen LogP) is 1.43. The van der Waals surface area contributed by atoms with Crippen LogP contribution in [0, 0.1) is 0 Å². The van der Waals surface area contributed by atoms with Crippen LogP contribution in [-0.2, 0) is 10.9 Å². The van der Waals surface area contributed by atoms with Gasteiger partial charge in [-0.3, -0.25) is 0 Å². The van der Waals surface area contributed by atoms with Crippen molar-refractivity contribution in [3.63, 3.8) is 0 Å². The van der Waals surface area contributed by atoms with Crippen molar-refractivity contribution in [1.29, 1.82) is 0 Å². The summed E-state index contributed by atoms with van der Waals surface area (Å²) in [6.45, 7) is 0. The molecule has 0 fully saturated rings. The molecule has 0 aliphatic carbocycles. The highest BCUT2D eigenvalue weighted by atomic mass is 32.2. The van der Waals surface area contributed by atoms with E-state index in [4.69, 9.17) is 0 Å². The van der Waals surface area contributed by atoms with Gasteiger partial charge in [-0.15, -0.1) is 0 Å². The normalized spacial score (nSPS) is 12.8. The molecule has 0 saturated heterocycles. The van der Waals surface area contributed by atoms with Gasteiger partial charge < -0.3 is 0 Å². The number of hydrogen-bond donors (Lipinski definition) is 0. The van der Waals surface area contributed by atoms with Crippen LogP contribution in [0.25, 0.3) is 0 Å². The zero-order chi connectivity index (χ0) is 6.78. The van der Waals surface area contributed by atoms with E-state index in [1.54, 1.807) is 12.5 Å². The van der Waals surface area contributed by atoms with Gasteiger partial charge in [0, 0.05) is 0 Å². The lowest BCUT2D eigenvalue weighted by atomic mass is 10.8. The summed E-state index contributed by atoms with van der Waals surface area (Å²) in [5, 5.41) is 0. The van der Waals surface area contributed by atoms with Gasteiger partial charge in [-0.1, -0.05) is 0 Å². The van der Waals surface area contributed by atoms with Crippen LogP contribution in [0.4, 0.5) is 13.2 Å². The first-order valence-corrected chi connectivity index (χ1v) is 4.24. The van der Waals surface area contributed by atoms with Gasteiger partial charge in [-0.05, 0) is 10.9 Å². The molecule has 0 aliphatic rings. The van der Waals surface area contributed by atoms with Crippen LogP contribution in [0.15, 0.2) is 0 Å². The minimum atomic E-state index is -3.97. The van der Waals surface area contributed by atoms with Crippen molar-refractivity contribution in [2.75, 3.05) is 18.3 Å². The van der Waals surface area contributed by atoms with Crippen LogP contribution in [0.2, 0.25) is 0 Å². The van der Waals surface area contributed by atoms with E-state index in [9.17, 15) is 13.2 Å². The molecule has 0 aromatic heterocycles. The fourth-order valence-corrected chi connectivity index (χ4v) is 0.982. The molecule has 50 valence electrons. The summed E-state index contributed by atoms with van der Waals surface area (Å²) in [7, 11) is -0.510. The van der Waals surface area contributed by atoms with Gasteiger partial charge in [0.15, 0.2) is 0 Å². The fraction of sp³-hybridized carbons (Fsp3) is 1.00. The summed E-state index contributed by atoms with van der Waals surface area (Å²) in [4.78, 5) is 0. The SMILES string of the molecule is C[S+](C)CC(F)(F)F. The van der Waals surface area contributed by atoms with E-state index in [0.29, 0.717) is 0 Å². The van der Waals surface area contributed by atoms with E-state index in [-0.39, 0.29) is 0 Å². The molecule has 0 saturated carbocycles. The third kappa shape index (κ3) is 6.14. The molecule has 4 heteroatoms. The van der Waals surface area contributed by atoms with E-state index in [1.807, 2.05) is 0 Å². The first-order valence-electron chi connectivity index (χ1n) is 2.03. The third-order valence-electron chi connectivity index (χ3n) is 0.452. The number of rotatable bonds is 1. The monoisotopic (exact) mass is 145 g/mol. The fourth-order valence-electron chi connectivity index (χ4n) is 0.327. The minimum Gasteiger partial charge on any atom is -0.166 e. The van der Waals surface area contributed by atoms with Crippen molar-refractivity contribution in [2.24, 2.45) is 0 Å². The Morgan fingerprint density at radius 1 is 1.25 bits per heavy atom. The molecule has 0 unspecified atom stereocenters. The quantitative estimate of drug-likeness (QED) is 0.489. The molecular weight excluding hydrogens is 137 g/mol. The highest BCUT2D eigenvalue weighted by molar-refractivity contribution is 7.95. The van der Waals surface area contributed by atoms with Gasteiger partial charge in [-0.2, -0.15) is 13.2 Å². The Labute approximate surface area is 49.4 Å². The van der Waals surface area contributed by atoms with Crippen LogP contribution in [0.3, 0.4) is 0 Å². The van der Waals surface area contributed by atoms with Gasteiger partial charge >= 0.3 is 6.18 Å². The maximum atomic E-state index is 11.3. The lowest BCUT2D eigenvalue weighted by Gasteiger charge is -2.00. The molecule has 0 amide bonds. The molecule has 0 aromatic rings. The summed E-state index contributed by atoms with van der Waals surface area (Å²) in [6, 6.07) is 0. The standard InChI is InChI=1S/C4H8F3S/c1-8(2)3-4(5,6)7/h3H2,1-2H3/q+1. The van der Waals surface area contributed by atoms with Crippen molar-refractivity contribution in [3.8, 4) is 0 Å².